The van der Waals surface area contributed by atoms with Gasteiger partial charge in [-0.15, -0.1) is 0 Å². The first-order valence-corrected chi connectivity index (χ1v) is 12.0. The normalized spacial score (nSPS) is 15.8. The van der Waals surface area contributed by atoms with Crippen molar-refractivity contribution in [1.29, 1.82) is 0 Å². The minimum Gasteiger partial charge on any atom is -0.434 e. The first-order chi connectivity index (χ1) is 15.7. The molecule has 2 aromatic carbocycles. The van der Waals surface area contributed by atoms with Gasteiger partial charge in [0.05, 0.1) is 22.0 Å². The van der Waals surface area contributed by atoms with Crippen molar-refractivity contribution in [2.75, 3.05) is 6.26 Å². The van der Waals surface area contributed by atoms with Crippen LogP contribution in [0.1, 0.15) is 23.9 Å². The molecular formula is C23H18F3N3O3S. The van der Waals surface area contributed by atoms with Gasteiger partial charge in [-0.3, -0.25) is 4.98 Å². The van der Waals surface area contributed by atoms with E-state index in [1.54, 1.807) is 24.3 Å². The summed E-state index contributed by atoms with van der Waals surface area (Å²) in [6.07, 6.45) is 4.87. The van der Waals surface area contributed by atoms with E-state index in [1.165, 1.54) is 30.6 Å². The van der Waals surface area contributed by atoms with Crippen LogP contribution in [0.15, 0.2) is 59.8 Å². The highest BCUT2D eigenvalue weighted by molar-refractivity contribution is 7.90. The third kappa shape index (κ3) is 3.84. The number of benzene rings is 2. The second-order valence-corrected chi connectivity index (χ2v) is 9.89. The maximum atomic E-state index is 15.0. The van der Waals surface area contributed by atoms with Gasteiger partial charge in [0.1, 0.15) is 17.4 Å². The number of aryl methyl sites for hydroxylation is 1. The summed E-state index contributed by atoms with van der Waals surface area (Å²) in [5.41, 5.74) is 2.10. The zero-order valence-electron chi connectivity index (χ0n) is 17.4. The molecule has 4 aromatic rings. The Labute approximate surface area is 187 Å². The van der Waals surface area contributed by atoms with E-state index in [4.69, 9.17) is 4.74 Å². The zero-order chi connectivity index (χ0) is 23.3. The zero-order valence-corrected chi connectivity index (χ0v) is 18.2. The summed E-state index contributed by atoms with van der Waals surface area (Å²) < 4.78 is 71.4. The van der Waals surface area contributed by atoms with Gasteiger partial charge in [-0.25, -0.2) is 17.8 Å². The fraction of sp³-hybridized carbons (Fsp3) is 0.217. The Hall–Kier alpha value is -3.40. The number of sulfone groups is 1. The number of fused-ring (bicyclic) bond motifs is 3. The smallest absolute Gasteiger partial charge is 0.387 e. The number of hydrogen-bond donors (Lipinski definition) is 0. The number of imidazole rings is 1. The third-order valence-corrected chi connectivity index (χ3v) is 6.83. The van der Waals surface area contributed by atoms with Crippen molar-refractivity contribution < 1.29 is 26.3 Å². The summed E-state index contributed by atoms with van der Waals surface area (Å²) in [5, 5.41) is 0. The topological polar surface area (TPSA) is 74.1 Å². The van der Waals surface area contributed by atoms with E-state index in [0.29, 0.717) is 40.8 Å². The van der Waals surface area contributed by atoms with Crippen molar-refractivity contribution >= 4 is 20.9 Å². The van der Waals surface area contributed by atoms with Gasteiger partial charge < -0.3 is 9.30 Å². The maximum Gasteiger partial charge on any atom is 0.387 e. The maximum absolute atomic E-state index is 15.0. The van der Waals surface area contributed by atoms with Crippen LogP contribution in [-0.2, 0) is 16.3 Å². The van der Waals surface area contributed by atoms with Crippen molar-refractivity contribution in [3.63, 3.8) is 0 Å². The molecule has 0 saturated heterocycles. The molecule has 10 heteroatoms. The van der Waals surface area contributed by atoms with Crippen LogP contribution < -0.4 is 4.74 Å². The summed E-state index contributed by atoms with van der Waals surface area (Å²) in [6.45, 7) is -2.96. The highest BCUT2D eigenvalue weighted by atomic mass is 32.2. The molecule has 170 valence electrons. The van der Waals surface area contributed by atoms with E-state index >= 15 is 0 Å². The van der Waals surface area contributed by atoms with Crippen LogP contribution in [0.4, 0.5) is 13.2 Å². The molecule has 0 unspecified atom stereocenters. The minimum absolute atomic E-state index is 0.0195. The lowest BCUT2D eigenvalue weighted by Crippen LogP contribution is -2.10. The van der Waals surface area contributed by atoms with Crippen molar-refractivity contribution in [2.24, 2.45) is 0 Å². The molecule has 6 nitrogen and oxygen atoms in total. The first kappa shape index (κ1) is 21.4. The lowest BCUT2D eigenvalue weighted by atomic mass is 10.0. The van der Waals surface area contributed by atoms with Crippen LogP contribution in [0.3, 0.4) is 0 Å². The van der Waals surface area contributed by atoms with Crippen LogP contribution in [0.2, 0.25) is 0 Å². The van der Waals surface area contributed by atoms with Crippen LogP contribution in [0.25, 0.3) is 22.2 Å². The summed E-state index contributed by atoms with van der Waals surface area (Å²) in [6, 6.07) is 10.5. The predicted molar refractivity (Wildman–Crippen MR) is 116 cm³/mol. The van der Waals surface area contributed by atoms with Gasteiger partial charge >= 0.3 is 6.61 Å². The number of hydrogen-bond acceptors (Lipinski definition) is 5. The molecule has 3 heterocycles. The van der Waals surface area contributed by atoms with Crippen molar-refractivity contribution in [3.05, 3.63) is 72.1 Å². The van der Waals surface area contributed by atoms with Gasteiger partial charge in [-0.05, 0) is 24.6 Å². The number of para-hydroxylation sites is 1. The van der Waals surface area contributed by atoms with E-state index in [-0.39, 0.29) is 22.3 Å². The van der Waals surface area contributed by atoms with Crippen molar-refractivity contribution in [1.82, 2.24) is 14.5 Å². The number of halogens is 3. The average Bonchev–Trinajstić information content (AvgIpc) is 3.31. The Kier molecular flexibility index (Phi) is 5.12. The SMILES string of the molecule is CS(=O)(=O)c1cncc(-c2cc3c(cc2F)nc2n3[C@@H](c3ccccc3OC(F)F)CC2)c1. The molecule has 1 aliphatic rings. The summed E-state index contributed by atoms with van der Waals surface area (Å²) in [4.78, 5) is 8.47. The highest BCUT2D eigenvalue weighted by Gasteiger charge is 2.30. The Morgan fingerprint density at radius 1 is 1.15 bits per heavy atom. The molecule has 0 fully saturated rings. The fourth-order valence-corrected chi connectivity index (χ4v) is 4.92. The molecule has 33 heavy (non-hydrogen) atoms. The molecule has 2 aromatic heterocycles. The summed E-state index contributed by atoms with van der Waals surface area (Å²) in [7, 11) is -3.52. The van der Waals surface area contributed by atoms with E-state index in [1.807, 2.05) is 4.57 Å². The van der Waals surface area contributed by atoms with Gasteiger partial charge in [0.25, 0.3) is 0 Å². The Balaban J connectivity index is 1.66. The predicted octanol–water partition coefficient (Wildman–Crippen LogP) is 4.78. The van der Waals surface area contributed by atoms with Gasteiger partial charge in [0.2, 0.25) is 0 Å². The molecule has 5 rings (SSSR count). The van der Waals surface area contributed by atoms with Crippen LogP contribution in [0, 0.1) is 5.82 Å². The summed E-state index contributed by atoms with van der Waals surface area (Å²) >= 11 is 0. The molecule has 0 aliphatic carbocycles. The van der Waals surface area contributed by atoms with Crippen molar-refractivity contribution in [3.8, 4) is 16.9 Å². The third-order valence-electron chi connectivity index (χ3n) is 5.75. The molecule has 1 atom stereocenters. The van der Waals surface area contributed by atoms with E-state index < -0.39 is 22.3 Å². The van der Waals surface area contributed by atoms with Crippen molar-refractivity contribution in [2.45, 2.75) is 30.4 Å². The van der Waals surface area contributed by atoms with Gasteiger partial charge in [-0.1, -0.05) is 18.2 Å². The lowest BCUT2D eigenvalue weighted by molar-refractivity contribution is -0.0506. The highest BCUT2D eigenvalue weighted by Crippen LogP contribution is 2.41. The monoisotopic (exact) mass is 473 g/mol. The molecule has 0 bridgehead atoms. The Morgan fingerprint density at radius 3 is 2.70 bits per heavy atom. The van der Waals surface area contributed by atoms with Crippen LogP contribution in [0.5, 0.6) is 5.75 Å². The molecule has 0 N–H and O–H groups in total. The number of ether oxygens (including phenoxy) is 1. The van der Waals surface area contributed by atoms with Gasteiger partial charge in [0, 0.05) is 47.8 Å². The van der Waals surface area contributed by atoms with E-state index in [9.17, 15) is 21.6 Å². The number of alkyl halides is 2. The molecule has 0 radical (unpaired) electrons. The number of aromatic nitrogens is 3. The minimum atomic E-state index is -3.52. The standard InChI is InChI=1S/C23H18F3N3O3S/c1-33(30,31)14-8-13(11-27-12-14)16-9-20-18(10-17(16)24)28-22-7-6-19(29(20)22)15-4-2-3-5-21(15)32-23(25)26/h2-5,8-12,19,23H,6-7H2,1H3/t19-/m1/s1. The van der Waals surface area contributed by atoms with Gasteiger partial charge in [-0.2, -0.15) is 8.78 Å². The molecule has 0 spiro atoms. The second-order valence-electron chi connectivity index (χ2n) is 7.87. The van der Waals surface area contributed by atoms with E-state index in [2.05, 4.69) is 9.97 Å². The first-order valence-electron chi connectivity index (χ1n) is 10.1. The van der Waals surface area contributed by atoms with Crippen LogP contribution in [-0.4, -0.2) is 35.8 Å². The fourth-order valence-electron chi connectivity index (χ4n) is 4.33. The quantitative estimate of drug-likeness (QED) is 0.417. The van der Waals surface area contributed by atoms with Gasteiger partial charge in [0.15, 0.2) is 9.84 Å². The number of nitrogens with zero attached hydrogens (tertiary/aromatic N) is 3. The van der Waals surface area contributed by atoms with Crippen LogP contribution >= 0.6 is 0 Å². The molecule has 0 saturated carbocycles. The Morgan fingerprint density at radius 2 is 1.94 bits per heavy atom. The second kappa shape index (κ2) is 7.87. The Bertz CT molecular complexity index is 1490. The largest absolute Gasteiger partial charge is 0.434 e. The molecule has 0 amide bonds. The number of rotatable bonds is 5. The molecular weight excluding hydrogens is 455 g/mol. The number of pyridine rings is 1. The lowest BCUT2D eigenvalue weighted by Gasteiger charge is -2.19. The average molecular weight is 473 g/mol. The molecule has 1 aliphatic heterocycles. The van der Waals surface area contributed by atoms with E-state index in [0.717, 1.165) is 6.26 Å². The summed E-state index contributed by atoms with van der Waals surface area (Å²) in [5.74, 6) is 0.228.